The van der Waals surface area contributed by atoms with Gasteiger partial charge in [0.25, 0.3) is 0 Å². The molecule has 1 fully saturated rings. The van der Waals surface area contributed by atoms with Crippen LogP contribution in [0.25, 0.3) is 22.3 Å². The lowest BCUT2D eigenvalue weighted by molar-refractivity contribution is 0.522. The zero-order chi connectivity index (χ0) is 17.2. The van der Waals surface area contributed by atoms with Crippen molar-refractivity contribution < 1.29 is 4.39 Å². The minimum Gasteiger partial charge on any atom is -0.382 e. The van der Waals surface area contributed by atoms with Crippen molar-refractivity contribution in [3.05, 3.63) is 48.0 Å². The maximum atomic E-state index is 14.1. The Balaban J connectivity index is 0.00000196. The van der Waals surface area contributed by atoms with Gasteiger partial charge in [-0.05, 0) is 48.7 Å². The SMILES string of the molecule is Cl.Nc1ncnc2ccc(-c3cc(F)cc(CNC4CCCC4)c3)nc12. The Labute approximate surface area is 157 Å². The van der Waals surface area contributed by atoms with Crippen molar-refractivity contribution in [2.75, 3.05) is 5.73 Å². The summed E-state index contributed by atoms with van der Waals surface area (Å²) in [6.45, 7) is 0.661. The van der Waals surface area contributed by atoms with Crippen molar-refractivity contribution in [3.8, 4) is 11.3 Å². The van der Waals surface area contributed by atoms with Crippen LogP contribution in [0.3, 0.4) is 0 Å². The Morgan fingerprint density at radius 1 is 1.12 bits per heavy atom. The lowest BCUT2D eigenvalue weighted by atomic mass is 10.1. The minimum atomic E-state index is -0.264. The third-order valence-corrected chi connectivity index (χ3v) is 4.71. The number of aromatic nitrogens is 3. The quantitative estimate of drug-likeness (QED) is 0.726. The Morgan fingerprint density at radius 2 is 1.92 bits per heavy atom. The number of benzene rings is 1. The predicted octanol–water partition coefficient (Wildman–Crippen LogP) is 3.87. The van der Waals surface area contributed by atoms with Gasteiger partial charge in [0.1, 0.15) is 17.7 Å². The van der Waals surface area contributed by atoms with Gasteiger partial charge in [-0.15, -0.1) is 12.4 Å². The second-order valence-corrected chi connectivity index (χ2v) is 6.53. The van der Waals surface area contributed by atoms with Crippen LogP contribution in [0.5, 0.6) is 0 Å². The molecule has 3 aromatic rings. The van der Waals surface area contributed by atoms with Gasteiger partial charge < -0.3 is 11.1 Å². The number of hydrogen-bond donors (Lipinski definition) is 2. The van der Waals surface area contributed by atoms with Crippen LogP contribution in [0, 0.1) is 5.82 Å². The number of nitrogens with one attached hydrogen (secondary N) is 1. The summed E-state index contributed by atoms with van der Waals surface area (Å²) in [4.78, 5) is 12.6. The summed E-state index contributed by atoms with van der Waals surface area (Å²) in [5, 5.41) is 3.52. The first-order valence-corrected chi connectivity index (χ1v) is 8.59. The molecule has 1 aliphatic carbocycles. The van der Waals surface area contributed by atoms with E-state index in [9.17, 15) is 4.39 Å². The van der Waals surface area contributed by atoms with E-state index in [2.05, 4.69) is 20.3 Å². The number of fused-ring (bicyclic) bond motifs is 1. The highest BCUT2D eigenvalue weighted by molar-refractivity contribution is 5.86. The summed E-state index contributed by atoms with van der Waals surface area (Å²) >= 11 is 0. The Hall–Kier alpha value is -2.31. The summed E-state index contributed by atoms with van der Waals surface area (Å²) in [6, 6.07) is 9.24. The highest BCUT2D eigenvalue weighted by atomic mass is 35.5. The zero-order valence-corrected chi connectivity index (χ0v) is 15.1. The topological polar surface area (TPSA) is 76.7 Å². The second-order valence-electron chi connectivity index (χ2n) is 6.53. The number of anilines is 1. The first-order chi connectivity index (χ1) is 12.2. The fourth-order valence-electron chi connectivity index (χ4n) is 3.41. The van der Waals surface area contributed by atoms with Gasteiger partial charge in [0.05, 0.1) is 11.2 Å². The first kappa shape index (κ1) is 18.5. The van der Waals surface area contributed by atoms with Crippen LogP contribution in [0.4, 0.5) is 10.2 Å². The number of hydrogen-bond acceptors (Lipinski definition) is 5. The van der Waals surface area contributed by atoms with Crippen molar-refractivity contribution >= 4 is 29.3 Å². The molecular formula is C19H21ClFN5. The zero-order valence-electron chi connectivity index (χ0n) is 14.3. The van der Waals surface area contributed by atoms with Crippen molar-refractivity contribution in [3.63, 3.8) is 0 Å². The number of halogens is 2. The molecule has 4 rings (SSSR count). The van der Waals surface area contributed by atoms with Gasteiger partial charge in [0.2, 0.25) is 0 Å². The molecule has 7 heteroatoms. The van der Waals surface area contributed by atoms with E-state index in [0.717, 1.165) is 11.1 Å². The van der Waals surface area contributed by atoms with Gasteiger partial charge in [0, 0.05) is 18.2 Å². The van der Waals surface area contributed by atoms with Gasteiger partial charge in [-0.3, -0.25) is 0 Å². The van der Waals surface area contributed by atoms with E-state index in [0.29, 0.717) is 35.1 Å². The molecule has 5 nitrogen and oxygen atoms in total. The van der Waals surface area contributed by atoms with Crippen molar-refractivity contribution in [1.29, 1.82) is 0 Å². The van der Waals surface area contributed by atoms with E-state index in [1.807, 2.05) is 18.2 Å². The molecular weight excluding hydrogens is 353 g/mol. The molecule has 1 aliphatic rings. The van der Waals surface area contributed by atoms with Gasteiger partial charge in [0.15, 0.2) is 5.82 Å². The molecule has 2 heterocycles. The maximum absolute atomic E-state index is 14.1. The Morgan fingerprint density at radius 3 is 2.73 bits per heavy atom. The van der Waals surface area contributed by atoms with Crippen molar-refractivity contribution in [1.82, 2.24) is 20.3 Å². The monoisotopic (exact) mass is 373 g/mol. The third kappa shape index (κ3) is 3.92. The molecule has 3 N–H and O–H groups in total. The summed E-state index contributed by atoms with van der Waals surface area (Å²) in [6.07, 6.45) is 6.36. The molecule has 0 radical (unpaired) electrons. The molecule has 0 spiro atoms. The average molecular weight is 374 g/mol. The lowest BCUT2D eigenvalue weighted by Gasteiger charge is -2.13. The molecule has 2 aromatic heterocycles. The standard InChI is InChI=1S/C19H20FN5.ClH/c20-14-8-12(10-22-15-3-1-2-4-15)7-13(9-14)16-5-6-17-18(25-16)19(21)24-11-23-17;/h5-9,11,15,22H,1-4,10H2,(H2,21,23,24);1H. The molecule has 1 aromatic carbocycles. The van der Waals surface area contributed by atoms with E-state index in [1.54, 1.807) is 6.07 Å². The molecule has 136 valence electrons. The van der Waals surface area contributed by atoms with Crippen LogP contribution < -0.4 is 11.1 Å². The predicted molar refractivity (Wildman–Crippen MR) is 103 cm³/mol. The van der Waals surface area contributed by atoms with Crippen LogP contribution in [-0.4, -0.2) is 21.0 Å². The number of nitrogens with zero attached hydrogens (tertiary/aromatic N) is 3. The van der Waals surface area contributed by atoms with Crippen LogP contribution in [0.15, 0.2) is 36.7 Å². The van der Waals surface area contributed by atoms with Crippen LogP contribution in [-0.2, 0) is 6.54 Å². The highest BCUT2D eigenvalue weighted by Gasteiger charge is 2.14. The number of nitrogens with two attached hydrogens (primary N) is 1. The first-order valence-electron chi connectivity index (χ1n) is 8.59. The fourth-order valence-corrected chi connectivity index (χ4v) is 3.41. The van der Waals surface area contributed by atoms with E-state index in [4.69, 9.17) is 5.73 Å². The molecule has 0 atom stereocenters. The number of nitrogen functional groups attached to an aromatic ring is 1. The average Bonchev–Trinajstić information content (AvgIpc) is 3.13. The van der Waals surface area contributed by atoms with Gasteiger partial charge in [-0.25, -0.2) is 19.3 Å². The molecule has 0 unspecified atom stereocenters. The van der Waals surface area contributed by atoms with Crippen LogP contribution >= 0.6 is 12.4 Å². The smallest absolute Gasteiger partial charge is 0.153 e. The Kier molecular flexibility index (Phi) is 5.64. The Bertz CT molecular complexity index is 912. The van der Waals surface area contributed by atoms with Gasteiger partial charge >= 0.3 is 0 Å². The van der Waals surface area contributed by atoms with Crippen LogP contribution in [0.2, 0.25) is 0 Å². The summed E-state index contributed by atoms with van der Waals surface area (Å²) in [5.74, 6) is 0.0614. The minimum absolute atomic E-state index is 0. The molecule has 1 saturated carbocycles. The third-order valence-electron chi connectivity index (χ3n) is 4.71. The summed E-state index contributed by atoms with van der Waals surface area (Å²) in [5.41, 5.74) is 9.41. The van der Waals surface area contributed by atoms with E-state index in [1.165, 1.54) is 38.1 Å². The van der Waals surface area contributed by atoms with E-state index >= 15 is 0 Å². The van der Waals surface area contributed by atoms with Gasteiger partial charge in [-0.1, -0.05) is 12.8 Å². The lowest BCUT2D eigenvalue weighted by Crippen LogP contribution is -2.25. The molecule has 0 aliphatic heterocycles. The normalized spacial score (nSPS) is 14.5. The molecule has 0 bridgehead atoms. The highest BCUT2D eigenvalue weighted by Crippen LogP contribution is 2.24. The number of rotatable bonds is 4. The molecule has 0 saturated heterocycles. The second kappa shape index (κ2) is 7.93. The van der Waals surface area contributed by atoms with Gasteiger partial charge in [-0.2, -0.15) is 0 Å². The van der Waals surface area contributed by atoms with Crippen molar-refractivity contribution in [2.45, 2.75) is 38.3 Å². The van der Waals surface area contributed by atoms with Crippen LogP contribution in [0.1, 0.15) is 31.2 Å². The van der Waals surface area contributed by atoms with E-state index < -0.39 is 0 Å². The molecule has 0 amide bonds. The summed E-state index contributed by atoms with van der Waals surface area (Å²) < 4.78 is 14.1. The maximum Gasteiger partial charge on any atom is 0.153 e. The van der Waals surface area contributed by atoms with E-state index in [-0.39, 0.29) is 18.2 Å². The summed E-state index contributed by atoms with van der Waals surface area (Å²) in [7, 11) is 0. The number of pyridine rings is 1. The fraction of sp³-hybridized carbons (Fsp3) is 0.316. The van der Waals surface area contributed by atoms with Crippen molar-refractivity contribution in [2.24, 2.45) is 0 Å². The largest absolute Gasteiger partial charge is 0.382 e. The molecule has 26 heavy (non-hydrogen) atoms.